The molecule has 1 aliphatic carbocycles. The molecular formula is C17H35N. The molecule has 1 heteroatoms. The van der Waals surface area contributed by atoms with Crippen molar-refractivity contribution < 1.29 is 0 Å². The maximum absolute atomic E-state index is 3.73. The van der Waals surface area contributed by atoms with E-state index in [1.807, 2.05) is 0 Å². The molecule has 0 aromatic heterocycles. The second-order valence-electron chi connectivity index (χ2n) is 7.35. The Balaban J connectivity index is 2.46. The maximum atomic E-state index is 3.73. The normalized spacial score (nSPS) is 25.7. The lowest BCUT2D eigenvalue weighted by molar-refractivity contribution is 0.177. The molecule has 0 aliphatic heterocycles. The average molecular weight is 253 g/mol. The van der Waals surface area contributed by atoms with Crippen molar-refractivity contribution >= 4 is 0 Å². The molecular weight excluding hydrogens is 218 g/mol. The van der Waals surface area contributed by atoms with Gasteiger partial charge in [0, 0.05) is 5.54 Å². The average Bonchev–Trinajstić information content (AvgIpc) is 2.33. The molecule has 1 aliphatic rings. The summed E-state index contributed by atoms with van der Waals surface area (Å²) < 4.78 is 0. The molecule has 1 rings (SSSR count). The third-order valence-corrected chi connectivity index (χ3v) is 4.75. The molecule has 1 saturated carbocycles. The van der Waals surface area contributed by atoms with E-state index in [1.165, 1.54) is 51.5 Å². The zero-order valence-corrected chi connectivity index (χ0v) is 13.4. The van der Waals surface area contributed by atoms with Crippen LogP contribution in [0.25, 0.3) is 0 Å². The van der Waals surface area contributed by atoms with E-state index in [2.05, 4.69) is 39.9 Å². The van der Waals surface area contributed by atoms with Crippen molar-refractivity contribution in [2.75, 3.05) is 6.54 Å². The fraction of sp³-hybridized carbons (Fsp3) is 1.00. The van der Waals surface area contributed by atoms with E-state index in [1.54, 1.807) is 0 Å². The smallest absolute Gasteiger partial charge is 0.00966 e. The summed E-state index contributed by atoms with van der Waals surface area (Å²) in [6.45, 7) is 12.8. The summed E-state index contributed by atoms with van der Waals surface area (Å²) in [7, 11) is 0. The molecule has 0 aromatic rings. The summed E-state index contributed by atoms with van der Waals surface area (Å²) >= 11 is 0. The number of rotatable bonds is 6. The van der Waals surface area contributed by atoms with Gasteiger partial charge in [0.1, 0.15) is 0 Å². The summed E-state index contributed by atoms with van der Waals surface area (Å²) in [5.74, 6) is 2.88. The van der Waals surface area contributed by atoms with Gasteiger partial charge >= 0.3 is 0 Å². The second-order valence-corrected chi connectivity index (χ2v) is 7.35. The van der Waals surface area contributed by atoms with Gasteiger partial charge in [-0.1, -0.05) is 46.0 Å². The molecule has 0 heterocycles. The molecule has 0 aromatic carbocycles. The first kappa shape index (κ1) is 16.0. The minimum atomic E-state index is 0.275. The molecule has 0 bridgehead atoms. The first-order chi connectivity index (χ1) is 8.46. The lowest BCUT2D eigenvalue weighted by Crippen LogP contribution is -2.41. The Hall–Kier alpha value is -0.0400. The predicted molar refractivity (Wildman–Crippen MR) is 81.9 cm³/mol. The lowest BCUT2D eigenvalue weighted by atomic mass is 9.74. The molecule has 2 unspecified atom stereocenters. The molecule has 0 saturated heterocycles. The van der Waals surface area contributed by atoms with E-state index in [-0.39, 0.29) is 5.54 Å². The van der Waals surface area contributed by atoms with Gasteiger partial charge in [0.2, 0.25) is 0 Å². The summed E-state index contributed by atoms with van der Waals surface area (Å²) in [5, 5.41) is 3.73. The van der Waals surface area contributed by atoms with E-state index in [0.29, 0.717) is 0 Å². The van der Waals surface area contributed by atoms with Crippen molar-refractivity contribution in [3.8, 4) is 0 Å². The van der Waals surface area contributed by atoms with Crippen LogP contribution in [0.1, 0.15) is 79.6 Å². The summed E-state index contributed by atoms with van der Waals surface area (Å²) in [6, 6.07) is 0. The van der Waals surface area contributed by atoms with Crippen molar-refractivity contribution in [3.63, 3.8) is 0 Å². The van der Waals surface area contributed by atoms with Crippen LogP contribution in [0.15, 0.2) is 0 Å². The third-order valence-electron chi connectivity index (χ3n) is 4.75. The van der Waals surface area contributed by atoms with Gasteiger partial charge in [-0.05, 0) is 57.9 Å². The van der Waals surface area contributed by atoms with Gasteiger partial charge in [-0.25, -0.2) is 0 Å². The molecule has 0 spiro atoms. The Morgan fingerprint density at radius 1 is 1.00 bits per heavy atom. The number of nitrogens with one attached hydrogen (secondary N) is 1. The fourth-order valence-electron chi connectivity index (χ4n) is 3.35. The Bertz CT molecular complexity index is 212. The molecule has 0 radical (unpaired) electrons. The monoisotopic (exact) mass is 253 g/mol. The fourth-order valence-corrected chi connectivity index (χ4v) is 3.35. The number of hydrogen-bond donors (Lipinski definition) is 1. The van der Waals surface area contributed by atoms with Gasteiger partial charge in [0.15, 0.2) is 0 Å². The Morgan fingerprint density at radius 2 is 1.56 bits per heavy atom. The second kappa shape index (κ2) is 7.53. The van der Waals surface area contributed by atoms with Crippen LogP contribution in [0.3, 0.4) is 0 Å². The lowest BCUT2D eigenvalue weighted by Gasteiger charge is -2.36. The van der Waals surface area contributed by atoms with E-state index in [9.17, 15) is 0 Å². The van der Waals surface area contributed by atoms with Gasteiger partial charge in [0.25, 0.3) is 0 Å². The zero-order chi connectivity index (χ0) is 13.6. The highest BCUT2D eigenvalue weighted by molar-refractivity contribution is 4.81. The first-order valence-corrected chi connectivity index (χ1v) is 8.21. The van der Waals surface area contributed by atoms with Crippen LogP contribution in [0.5, 0.6) is 0 Å². The predicted octanol–water partition coefficient (Wildman–Crippen LogP) is 5.01. The van der Waals surface area contributed by atoms with Crippen molar-refractivity contribution in [2.24, 2.45) is 17.8 Å². The molecule has 108 valence electrons. The zero-order valence-electron chi connectivity index (χ0n) is 13.4. The molecule has 1 fully saturated rings. The van der Waals surface area contributed by atoms with Crippen LogP contribution in [-0.2, 0) is 0 Å². The summed E-state index contributed by atoms with van der Waals surface area (Å²) in [5.41, 5.74) is 0.275. The highest BCUT2D eigenvalue weighted by Gasteiger charge is 2.27. The van der Waals surface area contributed by atoms with Crippen LogP contribution in [0.4, 0.5) is 0 Å². The Morgan fingerprint density at radius 3 is 2.06 bits per heavy atom. The van der Waals surface area contributed by atoms with Gasteiger partial charge < -0.3 is 5.32 Å². The standard InChI is InChI=1S/C17H35N/c1-6-14(7-2)12-15-10-8-9-11-16(15)13-18-17(3,4)5/h14-16,18H,6-13H2,1-5H3. The van der Waals surface area contributed by atoms with Gasteiger partial charge in [-0.15, -0.1) is 0 Å². The SMILES string of the molecule is CCC(CC)CC1CCCCC1CNC(C)(C)C. The first-order valence-electron chi connectivity index (χ1n) is 8.21. The van der Waals surface area contributed by atoms with Crippen molar-refractivity contribution in [2.45, 2.75) is 85.1 Å². The van der Waals surface area contributed by atoms with Crippen LogP contribution < -0.4 is 5.32 Å². The molecule has 18 heavy (non-hydrogen) atoms. The molecule has 1 N–H and O–H groups in total. The summed E-state index contributed by atoms with van der Waals surface area (Å²) in [4.78, 5) is 0. The van der Waals surface area contributed by atoms with E-state index < -0.39 is 0 Å². The topological polar surface area (TPSA) is 12.0 Å². The highest BCUT2D eigenvalue weighted by atomic mass is 14.9. The third kappa shape index (κ3) is 5.73. The van der Waals surface area contributed by atoms with Gasteiger partial charge in [-0.2, -0.15) is 0 Å². The minimum absolute atomic E-state index is 0.275. The Kier molecular flexibility index (Phi) is 6.70. The van der Waals surface area contributed by atoms with E-state index in [0.717, 1.165) is 17.8 Å². The molecule has 2 atom stereocenters. The maximum Gasteiger partial charge on any atom is 0.00966 e. The van der Waals surface area contributed by atoms with Crippen LogP contribution >= 0.6 is 0 Å². The largest absolute Gasteiger partial charge is 0.312 e. The molecule has 0 amide bonds. The van der Waals surface area contributed by atoms with Crippen LogP contribution in [0.2, 0.25) is 0 Å². The van der Waals surface area contributed by atoms with Crippen molar-refractivity contribution in [1.82, 2.24) is 5.32 Å². The van der Waals surface area contributed by atoms with Gasteiger partial charge in [-0.3, -0.25) is 0 Å². The van der Waals surface area contributed by atoms with E-state index >= 15 is 0 Å². The van der Waals surface area contributed by atoms with Gasteiger partial charge in [0.05, 0.1) is 0 Å². The highest BCUT2D eigenvalue weighted by Crippen LogP contribution is 2.35. The minimum Gasteiger partial charge on any atom is -0.312 e. The van der Waals surface area contributed by atoms with Crippen molar-refractivity contribution in [1.29, 1.82) is 0 Å². The van der Waals surface area contributed by atoms with Crippen LogP contribution in [-0.4, -0.2) is 12.1 Å². The Labute approximate surface area is 115 Å². The van der Waals surface area contributed by atoms with Crippen LogP contribution in [0, 0.1) is 17.8 Å². The van der Waals surface area contributed by atoms with Crippen molar-refractivity contribution in [3.05, 3.63) is 0 Å². The quantitative estimate of drug-likeness (QED) is 0.702. The number of hydrogen-bond acceptors (Lipinski definition) is 1. The summed E-state index contributed by atoms with van der Waals surface area (Å²) in [6.07, 6.45) is 10.1. The van der Waals surface area contributed by atoms with E-state index in [4.69, 9.17) is 0 Å². The molecule has 1 nitrogen and oxygen atoms in total.